The molecular formula is C42H31ClN4. The van der Waals surface area contributed by atoms with Crippen molar-refractivity contribution in [2.24, 2.45) is 0 Å². The summed E-state index contributed by atoms with van der Waals surface area (Å²) in [6.45, 7) is 4.66. The molecule has 9 rings (SSSR count). The molecule has 0 unspecified atom stereocenters. The van der Waals surface area contributed by atoms with Gasteiger partial charge in [-0.1, -0.05) is 116 Å². The highest BCUT2D eigenvalue weighted by molar-refractivity contribution is 6.31. The van der Waals surface area contributed by atoms with Crippen LogP contribution in [0.5, 0.6) is 0 Å². The van der Waals surface area contributed by atoms with Gasteiger partial charge in [-0.15, -0.1) is 0 Å². The molecule has 2 aliphatic carbocycles. The average molecular weight is 627 g/mol. The number of hydrogen-bond donors (Lipinski definition) is 0. The van der Waals surface area contributed by atoms with Gasteiger partial charge in [-0.25, -0.2) is 15.0 Å². The molecular weight excluding hydrogens is 596 g/mol. The standard InChI is InChI=1S/C42H31ClN4/c1-42(2)35-19-11-9-17-31(35)33-25-38-34(24-36(33)42)32-18-10-12-20-37(32)47(38)30-22-28(21-29(43)23-30)41-45-39(26-13-5-3-6-14-26)44-40(46-41)27-15-7-4-8-16-27/h3,5-7,9-25H,4,8H2,1-2H3. The van der Waals surface area contributed by atoms with Crippen LogP contribution in [0.1, 0.15) is 43.6 Å². The fraction of sp³-hybridized carbons (Fsp3) is 0.119. The Labute approximate surface area is 278 Å². The molecule has 0 bridgehead atoms. The molecule has 0 aliphatic heterocycles. The maximum absolute atomic E-state index is 6.96. The van der Waals surface area contributed by atoms with E-state index in [0.29, 0.717) is 22.5 Å². The Hall–Kier alpha value is -5.32. The Kier molecular flexibility index (Phi) is 6.31. The van der Waals surface area contributed by atoms with E-state index in [0.717, 1.165) is 46.3 Å². The number of hydrogen-bond acceptors (Lipinski definition) is 3. The predicted octanol–water partition coefficient (Wildman–Crippen LogP) is 11.0. The Morgan fingerprint density at radius 2 is 1.36 bits per heavy atom. The normalized spacial score (nSPS) is 14.7. The molecule has 0 amide bonds. The summed E-state index contributed by atoms with van der Waals surface area (Å²) in [5, 5.41) is 3.06. The zero-order valence-electron chi connectivity index (χ0n) is 26.2. The highest BCUT2D eigenvalue weighted by atomic mass is 35.5. The molecule has 2 aromatic heterocycles. The molecule has 0 saturated heterocycles. The van der Waals surface area contributed by atoms with E-state index in [9.17, 15) is 0 Å². The number of rotatable bonds is 4. The predicted molar refractivity (Wildman–Crippen MR) is 194 cm³/mol. The van der Waals surface area contributed by atoms with E-state index >= 15 is 0 Å². The summed E-state index contributed by atoms with van der Waals surface area (Å²) in [6.07, 6.45) is 8.48. The van der Waals surface area contributed by atoms with Gasteiger partial charge in [-0.3, -0.25) is 0 Å². The molecule has 0 saturated carbocycles. The lowest BCUT2D eigenvalue weighted by molar-refractivity contribution is 0.661. The monoisotopic (exact) mass is 626 g/mol. The number of para-hydroxylation sites is 1. The first-order chi connectivity index (χ1) is 23.0. The van der Waals surface area contributed by atoms with E-state index in [1.165, 1.54) is 33.0 Å². The minimum absolute atomic E-state index is 0.0810. The Morgan fingerprint density at radius 1 is 0.617 bits per heavy atom. The summed E-state index contributed by atoms with van der Waals surface area (Å²) in [4.78, 5) is 14.9. The summed E-state index contributed by atoms with van der Waals surface area (Å²) in [6, 6.07) is 38.4. The van der Waals surface area contributed by atoms with Gasteiger partial charge in [0.15, 0.2) is 17.5 Å². The van der Waals surface area contributed by atoms with E-state index in [-0.39, 0.29) is 5.41 Å². The molecule has 0 fully saturated rings. The third-order valence-electron chi connectivity index (χ3n) is 9.70. The largest absolute Gasteiger partial charge is 0.309 e. The topological polar surface area (TPSA) is 43.6 Å². The lowest BCUT2D eigenvalue weighted by atomic mass is 9.82. The zero-order valence-corrected chi connectivity index (χ0v) is 27.0. The van der Waals surface area contributed by atoms with Crippen molar-refractivity contribution in [1.29, 1.82) is 0 Å². The Bertz CT molecular complexity index is 2450. The van der Waals surface area contributed by atoms with Gasteiger partial charge in [-0.2, -0.15) is 0 Å². The van der Waals surface area contributed by atoms with E-state index in [4.69, 9.17) is 26.6 Å². The van der Waals surface area contributed by atoms with E-state index in [2.05, 4.69) is 103 Å². The summed E-state index contributed by atoms with van der Waals surface area (Å²) in [5.41, 5.74) is 11.3. The van der Waals surface area contributed by atoms with Crippen LogP contribution in [-0.2, 0) is 5.41 Å². The molecule has 2 aliphatic rings. The fourth-order valence-electron chi connectivity index (χ4n) is 7.40. The van der Waals surface area contributed by atoms with Crippen LogP contribution in [-0.4, -0.2) is 19.5 Å². The molecule has 0 spiro atoms. The first-order valence-electron chi connectivity index (χ1n) is 16.1. The van der Waals surface area contributed by atoms with Crippen molar-refractivity contribution >= 4 is 39.0 Å². The van der Waals surface area contributed by atoms with Crippen LogP contribution in [0.3, 0.4) is 0 Å². The lowest BCUT2D eigenvalue weighted by Gasteiger charge is -2.21. The Morgan fingerprint density at radius 3 is 2.19 bits per heavy atom. The van der Waals surface area contributed by atoms with Crippen molar-refractivity contribution in [3.8, 4) is 39.6 Å². The second-order valence-electron chi connectivity index (χ2n) is 12.9. The van der Waals surface area contributed by atoms with Crippen molar-refractivity contribution < 1.29 is 0 Å². The minimum Gasteiger partial charge on any atom is -0.309 e. The average Bonchev–Trinajstić information content (AvgIpc) is 3.56. The number of fused-ring (bicyclic) bond motifs is 6. The van der Waals surface area contributed by atoms with Crippen molar-refractivity contribution in [3.63, 3.8) is 0 Å². The van der Waals surface area contributed by atoms with Crippen molar-refractivity contribution in [2.75, 3.05) is 0 Å². The fourth-order valence-corrected chi connectivity index (χ4v) is 7.63. The maximum Gasteiger partial charge on any atom is 0.164 e. The summed E-state index contributed by atoms with van der Waals surface area (Å²) < 4.78 is 2.33. The van der Waals surface area contributed by atoms with Crippen molar-refractivity contribution in [2.45, 2.75) is 32.1 Å². The number of aromatic nitrogens is 4. The van der Waals surface area contributed by atoms with Crippen LogP contribution >= 0.6 is 11.6 Å². The molecule has 7 aromatic rings. The van der Waals surface area contributed by atoms with Crippen LogP contribution in [0.25, 0.3) is 67.0 Å². The smallest absolute Gasteiger partial charge is 0.164 e. The molecule has 226 valence electrons. The molecule has 0 atom stereocenters. The Balaban J connectivity index is 1.28. The van der Waals surface area contributed by atoms with Crippen LogP contribution in [0, 0.1) is 0 Å². The zero-order chi connectivity index (χ0) is 31.7. The molecule has 5 aromatic carbocycles. The molecule has 0 N–H and O–H groups in total. The van der Waals surface area contributed by atoms with Crippen LogP contribution < -0.4 is 0 Å². The SMILES string of the molecule is CC1(C)c2ccccc2-c2cc3c(cc21)c1ccccc1n3-c1cc(Cl)cc(-c2nc(C3=CCCC=C3)nc(-c3ccccc3)n2)c1. The molecule has 4 nitrogen and oxygen atoms in total. The van der Waals surface area contributed by atoms with Gasteiger partial charge in [-0.05, 0) is 71.5 Å². The maximum atomic E-state index is 6.96. The highest BCUT2D eigenvalue weighted by Crippen LogP contribution is 2.51. The second-order valence-corrected chi connectivity index (χ2v) is 13.4. The van der Waals surface area contributed by atoms with Gasteiger partial charge in [0.2, 0.25) is 0 Å². The summed E-state index contributed by atoms with van der Waals surface area (Å²) >= 11 is 6.96. The third-order valence-corrected chi connectivity index (χ3v) is 9.91. The number of halogens is 1. The number of nitrogens with zero attached hydrogens (tertiary/aromatic N) is 4. The number of benzene rings is 5. The van der Waals surface area contributed by atoms with Gasteiger partial charge in [0.1, 0.15) is 0 Å². The third kappa shape index (κ3) is 4.47. The quantitative estimate of drug-likeness (QED) is 0.195. The van der Waals surface area contributed by atoms with Crippen LogP contribution in [0.15, 0.2) is 127 Å². The molecule has 2 heterocycles. The molecule has 0 radical (unpaired) electrons. The lowest BCUT2D eigenvalue weighted by Crippen LogP contribution is -2.14. The van der Waals surface area contributed by atoms with Gasteiger partial charge < -0.3 is 4.57 Å². The van der Waals surface area contributed by atoms with Crippen LogP contribution in [0.4, 0.5) is 0 Å². The first kappa shape index (κ1) is 27.9. The minimum atomic E-state index is -0.0810. The second kappa shape index (κ2) is 10.6. The number of allylic oxidation sites excluding steroid dienone is 4. The van der Waals surface area contributed by atoms with Crippen molar-refractivity contribution in [1.82, 2.24) is 19.5 Å². The summed E-state index contributed by atoms with van der Waals surface area (Å²) in [7, 11) is 0. The first-order valence-corrected chi connectivity index (χ1v) is 16.5. The van der Waals surface area contributed by atoms with Gasteiger partial charge in [0.25, 0.3) is 0 Å². The molecule has 47 heavy (non-hydrogen) atoms. The van der Waals surface area contributed by atoms with E-state index < -0.39 is 0 Å². The highest BCUT2D eigenvalue weighted by Gasteiger charge is 2.36. The van der Waals surface area contributed by atoms with E-state index in [1.807, 2.05) is 42.5 Å². The van der Waals surface area contributed by atoms with Gasteiger partial charge in [0, 0.05) is 43.6 Å². The summed E-state index contributed by atoms with van der Waals surface area (Å²) in [5.74, 6) is 1.90. The van der Waals surface area contributed by atoms with Crippen LogP contribution in [0.2, 0.25) is 5.02 Å². The van der Waals surface area contributed by atoms with Crippen molar-refractivity contribution in [3.05, 3.63) is 149 Å². The van der Waals surface area contributed by atoms with Gasteiger partial charge in [0.05, 0.1) is 11.0 Å². The van der Waals surface area contributed by atoms with Gasteiger partial charge >= 0.3 is 0 Å². The van der Waals surface area contributed by atoms with E-state index in [1.54, 1.807) is 0 Å². The molecule has 5 heteroatoms.